The predicted octanol–water partition coefficient (Wildman–Crippen LogP) is 2.75. The molecule has 1 aliphatic heterocycles. The molecule has 1 unspecified atom stereocenters. The molecule has 0 N–H and O–H groups in total. The fraction of sp³-hybridized carbons (Fsp3) is 0.444. The third-order valence-electron chi connectivity index (χ3n) is 4.53. The summed E-state index contributed by atoms with van der Waals surface area (Å²) in [6.07, 6.45) is 1.87. The number of carbonyl (C=O) groups excluding carboxylic acids is 1. The predicted molar refractivity (Wildman–Crippen MR) is 95.0 cm³/mol. The van der Waals surface area contributed by atoms with Crippen LogP contribution in [-0.2, 0) is 11.3 Å². The highest BCUT2D eigenvalue weighted by atomic mass is 35.5. The fourth-order valence-corrected chi connectivity index (χ4v) is 3.22. The fourth-order valence-electron chi connectivity index (χ4n) is 3.02. The minimum Gasteiger partial charge on any atom is -0.338 e. The summed E-state index contributed by atoms with van der Waals surface area (Å²) in [6, 6.07) is 9.60. The van der Waals surface area contributed by atoms with Crippen molar-refractivity contribution in [2.75, 3.05) is 26.2 Å². The number of halogens is 1. The molecule has 1 aromatic carbocycles. The van der Waals surface area contributed by atoms with Crippen molar-refractivity contribution in [1.29, 1.82) is 0 Å². The molecule has 5 nitrogen and oxygen atoms in total. The minimum absolute atomic E-state index is 0.135. The third kappa shape index (κ3) is 3.79. The molecule has 1 aliphatic rings. The maximum Gasteiger partial charge on any atom is 0.247 e. The minimum atomic E-state index is -0.256. The van der Waals surface area contributed by atoms with Crippen LogP contribution in [0.25, 0.3) is 0 Å². The Hall–Kier alpha value is -1.85. The van der Waals surface area contributed by atoms with E-state index in [2.05, 4.69) is 16.1 Å². The van der Waals surface area contributed by atoms with Gasteiger partial charge >= 0.3 is 0 Å². The van der Waals surface area contributed by atoms with Gasteiger partial charge in [0.25, 0.3) is 0 Å². The lowest BCUT2D eigenvalue weighted by Crippen LogP contribution is -2.50. The van der Waals surface area contributed by atoms with Gasteiger partial charge in [-0.25, -0.2) is 0 Å². The maximum atomic E-state index is 12.7. The second kappa shape index (κ2) is 7.36. The first kappa shape index (κ1) is 17.0. The third-order valence-corrected chi connectivity index (χ3v) is 4.90. The van der Waals surface area contributed by atoms with Gasteiger partial charge < -0.3 is 4.90 Å². The van der Waals surface area contributed by atoms with Crippen LogP contribution in [-0.4, -0.2) is 51.7 Å². The summed E-state index contributed by atoms with van der Waals surface area (Å²) in [5, 5.41) is 5.16. The first-order chi connectivity index (χ1) is 11.5. The standard InChI is InChI=1S/C18H23ClN4O/c1-14-7-8-23(20-14)15(2)18(24)22-11-9-21(10-12-22)13-16-5-3-4-6-17(16)19/h3-8,15H,9-13H2,1-2H3. The largest absolute Gasteiger partial charge is 0.338 e. The van der Waals surface area contributed by atoms with Gasteiger partial charge in [0.2, 0.25) is 5.91 Å². The summed E-state index contributed by atoms with van der Waals surface area (Å²) >= 11 is 6.23. The molecule has 1 fully saturated rings. The van der Waals surface area contributed by atoms with Gasteiger partial charge in [-0.15, -0.1) is 0 Å². The number of hydrogen-bond donors (Lipinski definition) is 0. The van der Waals surface area contributed by atoms with E-state index >= 15 is 0 Å². The van der Waals surface area contributed by atoms with Crippen LogP contribution in [0, 0.1) is 6.92 Å². The van der Waals surface area contributed by atoms with Crippen LogP contribution >= 0.6 is 11.6 Å². The van der Waals surface area contributed by atoms with Crippen LogP contribution in [0.3, 0.4) is 0 Å². The lowest BCUT2D eigenvalue weighted by molar-refractivity contribution is -0.136. The monoisotopic (exact) mass is 346 g/mol. The van der Waals surface area contributed by atoms with Gasteiger partial charge in [-0.2, -0.15) is 5.10 Å². The number of piperazine rings is 1. The number of rotatable bonds is 4. The van der Waals surface area contributed by atoms with E-state index in [1.54, 1.807) is 4.68 Å². The molecule has 24 heavy (non-hydrogen) atoms. The highest BCUT2D eigenvalue weighted by Crippen LogP contribution is 2.19. The lowest BCUT2D eigenvalue weighted by Gasteiger charge is -2.36. The zero-order chi connectivity index (χ0) is 17.1. The number of amides is 1. The van der Waals surface area contributed by atoms with Crippen molar-refractivity contribution in [3.63, 3.8) is 0 Å². The van der Waals surface area contributed by atoms with Crippen LogP contribution in [0.5, 0.6) is 0 Å². The van der Waals surface area contributed by atoms with E-state index in [1.807, 2.05) is 49.2 Å². The summed E-state index contributed by atoms with van der Waals surface area (Å²) in [4.78, 5) is 16.9. The Kier molecular flexibility index (Phi) is 5.21. The van der Waals surface area contributed by atoms with E-state index in [0.29, 0.717) is 0 Å². The van der Waals surface area contributed by atoms with E-state index in [9.17, 15) is 4.79 Å². The van der Waals surface area contributed by atoms with Crippen molar-refractivity contribution < 1.29 is 4.79 Å². The van der Waals surface area contributed by atoms with Crippen molar-refractivity contribution in [2.45, 2.75) is 26.4 Å². The van der Waals surface area contributed by atoms with Gasteiger partial charge in [0.15, 0.2) is 0 Å². The van der Waals surface area contributed by atoms with Gasteiger partial charge in [0.05, 0.1) is 5.69 Å². The van der Waals surface area contributed by atoms with Crippen molar-refractivity contribution >= 4 is 17.5 Å². The second-order valence-corrected chi connectivity index (χ2v) is 6.71. The zero-order valence-corrected chi connectivity index (χ0v) is 14.9. The van der Waals surface area contributed by atoms with E-state index in [-0.39, 0.29) is 11.9 Å². The van der Waals surface area contributed by atoms with Crippen LogP contribution in [0.2, 0.25) is 5.02 Å². The second-order valence-electron chi connectivity index (χ2n) is 6.31. The van der Waals surface area contributed by atoms with Gasteiger partial charge in [-0.05, 0) is 31.5 Å². The quantitative estimate of drug-likeness (QED) is 0.854. The summed E-state index contributed by atoms with van der Waals surface area (Å²) in [5.41, 5.74) is 2.07. The molecule has 0 saturated carbocycles. The molecule has 2 aromatic rings. The molecule has 3 rings (SSSR count). The molecule has 0 aliphatic carbocycles. The smallest absolute Gasteiger partial charge is 0.247 e. The van der Waals surface area contributed by atoms with Crippen LogP contribution in [0.15, 0.2) is 36.5 Å². The summed E-state index contributed by atoms with van der Waals surface area (Å²) < 4.78 is 1.74. The molecule has 0 spiro atoms. The van der Waals surface area contributed by atoms with Crippen molar-refractivity contribution in [3.05, 3.63) is 52.8 Å². The van der Waals surface area contributed by atoms with E-state index in [0.717, 1.165) is 49.0 Å². The Balaban J connectivity index is 1.55. The van der Waals surface area contributed by atoms with Gasteiger partial charge in [0.1, 0.15) is 6.04 Å². The number of aromatic nitrogens is 2. The molecular weight excluding hydrogens is 324 g/mol. The number of carbonyl (C=O) groups is 1. The number of hydrogen-bond acceptors (Lipinski definition) is 3. The Morgan fingerprint density at radius 2 is 1.92 bits per heavy atom. The van der Waals surface area contributed by atoms with Crippen molar-refractivity contribution in [3.8, 4) is 0 Å². The molecule has 1 amide bonds. The summed E-state index contributed by atoms with van der Waals surface area (Å²) in [5.74, 6) is 0.135. The maximum absolute atomic E-state index is 12.7. The van der Waals surface area contributed by atoms with E-state index in [1.165, 1.54) is 0 Å². The molecule has 6 heteroatoms. The normalized spacial score (nSPS) is 17.0. The van der Waals surface area contributed by atoms with E-state index in [4.69, 9.17) is 11.6 Å². The Morgan fingerprint density at radius 1 is 1.21 bits per heavy atom. The molecule has 128 valence electrons. The average molecular weight is 347 g/mol. The average Bonchev–Trinajstić information content (AvgIpc) is 3.03. The molecule has 1 saturated heterocycles. The van der Waals surface area contributed by atoms with Gasteiger partial charge in [0, 0.05) is 43.9 Å². The zero-order valence-electron chi connectivity index (χ0n) is 14.2. The van der Waals surface area contributed by atoms with Gasteiger partial charge in [-0.3, -0.25) is 14.4 Å². The number of benzene rings is 1. The van der Waals surface area contributed by atoms with Gasteiger partial charge in [-0.1, -0.05) is 29.8 Å². The Labute approximate surface area is 147 Å². The van der Waals surface area contributed by atoms with Crippen molar-refractivity contribution in [1.82, 2.24) is 19.6 Å². The number of aryl methyl sites for hydroxylation is 1. The molecule has 2 heterocycles. The highest BCUT2D eigenvalue weighted by Gasteiger charge is 2.26. The summed E-state index contributed by atoms with van der Waals surface area (Å²) in [7, 11) is 0. The Bertz CT molecular complexity index is 707. The van der Waals surface area contributed by atoms with Crippen molar-refractivity contribution in [2.24, 2.45) is 0 Å². The summed E-state index contributed by atoms with van der Waals surface area (Å²) in [6.45, 7) is 7.88. The molecule has 1 aromatic heterocycles. The number of nitrogens with zero attached hydrogens (tertiary/aromatic N) is 4. The molecule has 0 radical (unpaired) electrons. The van der Waals surface area contributed by atoms with Crippen LogP contribution < -0.4 is 0 Å². The highest BCUT2D eigenvalue weighted by molar-refractivity contribution is 6.31. The van der Waals surface area contributed by atoms with E-state index < -0.39 is 0 Å². The van der Waals surface area contributed by atoms with Crippen LogP contribution in [0.1, 0.15) is 24.2 Å². The SMILES string of the molecule is Cc1ccn(C(C)C(=O)N2CCN(Cc3ccccc3Cl)CC2)n1. The Morgan fingerprint density at radius 3 is 2.54 bits per heavy atom. The first-order valence-electron chi connectivity index (χ1n) is 8.31. The molecule has 1 atom stereocenters. The first-order valence-corrected chi connectivity index (χ1v) is 8.68. The van der Waals surface area contributed by atoms with Crippen LogP contribution in [0.4, 0.5) is 0 Å². The topological polar surface area (TPSA) is 41.4 Å². The molecular formula is C18H23ClN4O. The molecule has 0 bridgehead atoms. The lowest BCUT2D eigenvalue weighted by atomic mass is 10.2.